The molecule has 0 spiro atoms. The first-order chi connectivity index (χ1) is 6.93. The molecular formula is C12H11N2+. The summed E-state index contributed by atoms with van der Waals surface area (Å²) < 4.78 is 2.23. The number of allylic oxidation sites excluding steroid dienone is 3. The van der Waals surface area contributed by atoms with Gasteiger partial charge >= 0.3 is 0 Å². The Labute approximate surface area is 83.1 Å². The molecule has 14 heavy (non-hydrogen) atoms. The monoisotopic (exact) mass is 183 g/mol. The quantitative estimate of drug-likeness (QED) is 0.555. The highest BCUT2D eigenvalue weighted by molar-refractivity contribution is 5.52. The van der Waals surface area contributed by atoms with Crippen molar-refractivity contribution in [2.24, 2.45) is 0 Å². The van der Waals surface area contributed by atoms with Gasteiger partial charge in [0.15, 0.2) is 6.20 Å². The molecule has 2 aliphatic rings. The van der Waals surface area contributed by atoms with Gasteiger partial charge in [-0.15, -0.1) is 0 Å². The van der Waals surface area contributed by atoms with Gasteiger partial charge in [0.25, 0.3) is 0 Å². The van der Waals surface area contributed by atoms with Crippen LogP contribution >= 0.6 is 0 Å². The molecule has 68 valence electrons. The Morgan fingerprint density at radius 3 is 3.21 bits per heavy atom. The topological polar surface area (TPSA) is 7.12 Å². The smallest absolute Gasteiger partial charge is 0.228 e. The Kier molecular flexibility index (Phi) is 1.53. The van der Waals surface area contributed by atoms with E-state index in [0.29, 0.717) is 0 Å². The summed E-state index contributed by atoms with van der Waals surface area (Å²) in [6.45, 7) is 0.906. The molecule has 0 N–H and O–H groups in total. The molecule has 0 radical (unpaired) electrons. The van der Waals surface area contributed by atoms with Crippen molar-refractivity contribution in [3.63, 3.8) is 0 Å². The van der Waals surface area contributed by atoms with Crippen LogP contribution in [0.3, 0.4) is 0 Å². The Morgan fingerprint density at radius 1 is 1.21 bits per heavy atom. The lowest BCUT2D eigenvalue weighted by molar-refractivity contribution is -0.715. The molecule has 0 unspecified atom stereocenters. The van der Waals surface area contributed by atoms with Crippen molar-refractivity contribution in [1.82, 2.24) is 4.90 Å². The molecule has 1 aromatic rings. The molecular weight excluding hydrogens is 172 g/mol. The maximum absolute atomic E-state index is 2.23. The fourth-order valence-corrected chi connectivity index (χ4v) is 1.81. The minimum atomic E-state index is 0.906. The molecule has 2 aliphatic heterocycles. The Balaban J connectivity index is 2.13. The highest BCUT2D eigenvalue weighted by Gasteiger charge is 2.20. The van der Waals surface area contributed by atoms with Gasteiger partial charge in [-0.2, -0.15) is 4.57 Å². The highest BCUT2D eigenvalue weighted by Crippen LogP contribution is 2.18. The van der Waals surface area contributed by atoms with Crippen LogP contribution in [0.4, 0.5) is 0 Å². The lowest BCUT2D eigenvalue weighted by Gasteiger charge is -2.23. The van der Waals surface area contributed by atoms with E-state index in [1.54, 1.807) is 0 Å². The van der Waals surface area contributed by atoms with Crippen LogP contribution in [0.25, 0.3) is 6.08 Å². The molecule has 1 aromatic heterocycles. The van der Waals surface area contributed by atoms with Crippen molar-refractivity contribution in [2.45, 2.75) is 6.67 Å². The van der Waals surface area contributed by atoms with E-state index < -0.39 is 0 Å². The summed E-state index contributed by atoms with van der Waals surface area (Å²) in [7, 11) is 0. The number of pyridine rings is 1. The minimum absolute atomic E-state index is 0.906. The molecule has 0 saturated heterocycles. The van der Waals surface area contributed by atoms with Gasteiger partial charge in [-0.3, -0.25) is 4.90 Å². The van der Waals surface area contributed by atoms with Crippen LogP contribution in [-0.2, 0) is 6.67 Å². The average Bonchev–Trinajstić information content (AvgIpc) is 2.26. The summed E-state index contributed by atoms with van der Waals surface area (Å²) in [5.41, 5.74) is 2.53. The molecule has 2 nitrogen and oxygen atoms in total. The first-order valence-corrected chi connectivity index (χ1v) is 4.75. The largest absolute Gasteiger partial charge is 0.292 e. The second kappa shape index (κ2) is 2.84. The Bertz CT molecular complexity index is 455. The molecule has 0 amide bonds. The number of fused-ring (bicyclic) bond motifs is 2. The highest BCUT2D eigenvalue weighted by atomic mass is 15.3. The van der Waals surface area contributed by atoms with E-state index in [0.717, 1.165) is 6.67 Å². The lowest BCUT2D eigenvalue weighted by Crippen LogP contribution is -2.46. The van der Waals surface area contributed by atoms with Crippen LogP contribution < -0.4 is 4.57 Å². The molecule has 0 fully saturated rings. The van der Waals surface area contributed by atoms with Gasteiger partial charge in [-0.05, 0) is 18.2 Å². The van der Waals surface area contributed by atoms with Gasteiger partial charge in [0.2, 0.25) is 12.4 Å². The molecule has 0 atom stereocenters. The number of rotatable bonds is 0. The van der Waals surface area contributed by atoms with Crippen LogP contribution in [0.15, 0.2) is 54.5 Å². The van der Waals surface area contributed by atoms with Crippen molar-refractivity contribution < 1.29 is 4.57 Å². The van der Waals surface area contributed by atoms with Gasteiger partial charge in [0.1, 0.15) is 0 Å². The second-order valence-electron chi connectivity index (χ2n) is 3.48. The molecule has 0 bridgehead atoms. The number of hydrogen-bond donors (Lipinski definition) is 0. The fraction of sp³-hybridized carbons (Fsp3) is 0.0833. The van der Waals surface area contributed by atoms with E-state index in [1.807, 2.05) is 0 Å². The Morgan fingerprint density at radius 2 is 2.21 bits per heavy atom. The predicted octanol–water partition coefficient (Wildman–Crippen LogP) is 1.67. The number of hydrogen-bond acceptors (Lipinski definition) is 1. The van der Waals surface area contributed by atoms with Crippen LogP contribution in [-0.4, -0.2) is 4.90 Å². The third-order valence-corrected chi connectivity index (χ3v) is 2.55. The summed E-state index contributed by atoms with van der Waals surface area (Å²) in [5, 5.41) is 0. The molecule has 0 aliphatic carbocycles. The fourth-order valence-electron chi connectivity index (χ4n) is 1.81. The molecule has 3 rings (SSSR count). The average molecular weight is 183 g/mol. The SMILES string of the molecule is C1=CC2=Cc3cccc[n+]3CN2C=C1. The summed E-state index contributed by atoms with van der Waals surface area (Å²) in [5.74, 6) is 0. The van der Waals surface area contributed by atoms with Gasteiger partial charge in [-0.25, -0.2) is 0 Å². The predicted molar refractivity (Wildman–Crippen MR) is 54.7 cm³/mol. The summed E-state index contributed by atoms with van der Waals surface area (Å²) in [6, 6.07) is 6.27. The first-order valence-electron chi connectivity index (χ1n) is 4.75. The number of aromatic nitrogens is 1. The minimum Gasteiger partial charge on any atom is -0.292 e. The van der Waals surface area contributed by atoms with Gasteiger partial charge in [0, 0.05) is 24.4 Å². The zero-order valence-electron chi connectivity index (χ0n) is 7.80. The van der Waals surface area contributed by atoms with Gasteiger partial charge in [-0.1, -0.05) is 6.08 Å². The van der Waals surface area contributed by atoms with Crippen molar-refractivity contribution in [3.8, 4) is 0 Å². The summed E-state index contributed by atoms with van der Waals surface area (Å²) >= 11 is 0. The van der Waals surface area contributed by atoms with Crippen molar-refractivity contribution in [2.75, 3.05) is 0 Å². The normalized spacial score (nSPS) is 17.4. The number of nitrogens with zero attached hydrogens (tertiary/aromatic N) is 2. The maximum atomic E-state index is 2.23. The maximum Gasteiger partial charge on any atom is 0.228 e. The van der Waals surface area contributed by atoms with Crippen LogP contribution in [0.1, 0.15) is 5.69 Å². The van der Waals surface area contributed by atoms with Crippen molar-refractivity contribution in [1.29, 1.82) is 0 Å². The van der Waals surface area contributed by atoms with E-state index >= 15 is 0 Å². The van der Waals surface area contributed by atoms with E-state index in [9.17, 15) is 0 Å². The Hall–Kier alpha value is -1.83. The zero-order valence-corrected chi connectivity index (χ0v) is 7.80. The van der Waals surface area contributed by atoms with Crippen molar-refractivity contribution >= 4 is 6.08 Å². The summed E-state index contributed by atoms with van der Waals surface area (Å²) in [4.78, 5) is 2.23. The van der Waals surface area contributed by atoms with Gasteiger partial charge < -0.3 is 0 Å². The van der Waals surface area contributed by atoms with Crippen LogP contribution in [0.5, 0.6) is 0 Å². The van der Waals surface area contributed by atoms with Crippen LogP contribution in [0, 0.1) is 0 Å². The molecule has 3 heterocycles. The van der Waals surface area contributed by atoms with Crippen molar-refractivity contribution in [3.05, 3.63) is 60.2 Å². The van der Waals surface area contributed by atoms with E-state index in [4.69, 9.17) is 0 Å². The van der Waals surface area contributed by atoms with E-state index in [-0.39, 0.29) is 0 Å². The molecule has 2 heteroatoms. The molecule has 0 saturated carbocycles. The van der Waals surface area contributed by atoms with E-state index in [1.165, 1.54) is 11.4 Å². The first kappa shape index (κ1) is 7.56. The van der Waals surface area contributed by atoms with E-state index in [2.05, 4.69) is 64.4 Å². The third-order valence-electron chi connectivity index (χ3n) is 2.55. The summed E-state index contributed by atoms with van der Waals surface area (Å²) in [6.07, 6.45) is 12.7. The lowest BCUT2D eigenvalue weighted by atomic mass is 10.2. The second-order valence-corrected chi connectivity index (χ2v) is 3.48. The molecule has 0 aromatic carbocycles. The third kappa shape index (κ3) is 1.08. The zero-order chi connectivity index (χ0) is 9.38. The van der Waals surface area contributed by atoms with Gasteiger partial charge in [0.05, 0.1) is 5.70 Å². The standard InChI is InChI=1S/C12H11N2/c1-3-7-13-10-14-8-4-2-6-12(14)9-11(13)5-1/h1-9H,10H2/q+1. The van der Waals surface area contributed by atoms with Crippen LogP contribution in [0.2, 0.25) is 0 Å².